The van der Waals surface area contributed by atoms with Crippen LogP contribution in [0.15, 0.2) is 72.8 Å². The molecule has 6 rings (SSSR count). The molecule has 8 heteroatoms. The van der Waals surface area contributed by atoms with E-state index in [1.54, 1.807) is 43.2 Å². The molecule has 8 nitrogen and oxygen atoms in total. The molecule has 2 N–H and O–H groups in total. The molecule has 0 saturated carbocycles. The van der Waals surface area contributed by atoms with E-state index >= 15 is 0 Å². The molecule has 1 fully saturated rings. The number of carbonyl (C=O) groups is 3. The van der Waals surface area contributed by atoms with Crippen molar-refractivity contribution in [3.05, 3.63) is 95.2 Å². The van der Waals surface area contributed by atoms with Crippen LogP contribution in [0.4, 0.5) is 10.5 Å². The van der Waals surface area contributed by atoms with Crippen LogP contribution in [0, 0.1) is 0 Å². The number of carbonyl (C=O) groups excluding carboxylic acids is 3. The average molecular weight is 523 g/mol. The third kappa shape index (κ3) is 3.78. The number of imide groups is 1. The number of aromatic amines is 1. The van der Waals surface area contributed by atoms with E-state index in [1.165, 1.54) is 0 Å². The Morgan fingerprint density at radius 1 is 1.08 bits per heavy atom. The first-order valence-corrected chi connectivity index (χ1v) is 13.1. The van der Waals surface area contributed by atoms with Crippen LogP contribution in [0.25, 0.3) is 10.9 Å². The highest BCUT2D eigenvalue weighted by Gasteiger charge is 2.59. The first kappa shape index (κ1) is 24.7. The number of para-hydroxylation sites is 1. The minimum absolute atomic E-state index is 0.101. The lowest BCUT2D eigenvalue weighted by atomic mass is 9.87. The summed E-state index contributed by atoms with van der Waals surface area (Å²) in [6.07, 6.45) is 0.602. The van der Waals surface area contributed by atoms with Crippen molar-refractivity contribution in [1.29, 1.82) is 0 Å². The van der Waals surface area contributed by atoms with Crippen molar-refractivity contribution in [2.24, 2.45) is 0 Å². The zero-order chi connectivity index (χ0) is 27.3. The molecule has 4 amide bonds. The van der Waals surface area contributed by atoms with E-state index < -0.39 is 11.6 Å². The fourth-order valence-corrected chi connectivity index (χ4v) is 5.86. The van der Waals surface area contributed by atoms with Crippen molar-refractivity contribution >= 4 is 34.4 Å². The summed E-state index contributed by atoms with van der Waals surface area (Å²) in [5.41, 5.74) is 3.06. The van der Waals surface area contributed by atoms with Crippen LogP contribution in [0.5, 0.6) is 5.75 Å². The number of anilines is 1. The first-order valence-electron chi connectivity index (χ1n) is 13.1. The maximum Gasteiger partial charge on any atom is 0.332 e. The smallest absolute Gasteiger partial charge is 0.332 e. The maximum absolute atomic E-state index is 14.1. The lowest BCUT2D eigenvalue weighted by molar-refractivity contribution is -0.125. The van der Waals surface area contributed by atoms with Gasteiger partial charge in [-0.3, -0.25) is 9.59 Å². The monoisotopic (exact) mass is 522 g/mol. The molecule has 4 aromatic rings. The van der Waals surface area contributed by atoms with Gasteiger partial charge < -0.3 is 19.9 Å². The number of fused-ring (bicyclic) bond motifs is 5. The molecule has 198 valence electrons. The Morgan fingerprint density at radius 2 is 1.82 bits per heavy atom. The number of benzene rings is 3. The van der Waals surface area contributed by atoms with E-state index in [0.29, 0.717) is 25.2 Å². The largest absolute Gasteiger partial charge is 0.497 e. The van der Waals surface area contributed by atoms with Crippen LogP contribution in [-0.2, 0) is 16.8 Å². The molecule has 39 heavy (non-hydrogen) atoms. The molecule has 3 heterocycles. The van der Waals surface area contributed by atoms with Crippen LogP contribution in [-0.4, -0.2) is 47.9 Å². The molecule has 0 unspecified atom stereocenters. The van der Waals surface area contributed by atoms with Crippen LogP contribution in [0.2, 0.25) is 0 Å². The van der Waals surface area contributed by atoms with Crippen LogP contribution < -0.4 is 15.0 Å². The number of hydrogen-bond donors (Lipinski definition) is 2. The number of H-pyrrole nitrogens is 1. The molecule has 0 spiro atoms. The lowest BCUT2D eigenvalue weighted by Gasteiger charge is -2.35. The van der Waals surface area contributed by atoms with Gasteiger partial charge in [-0.2, -0.15) is 0 Å². The van der Waals surface area contributed by atoms with Gasteiger partial charge in [-0.15, -0.1) is 0 Å². The van der Waals surface area contributed by atoms with Crippen molar-refractivity contribution < 1.29 is 19.1 Å². The van der Waals surface area contributed by atoms with Gasteiger partial charge in [0.25, 0.3) is 11.8 Å². The fourth-order valence-electron chi connectivity index (χ4n) is 5.86. The number of hydrogen-bond acceptors (Lipinski definition) is 4. The predicted octanol–water partition coefficient (Wildman–Crippen LogP) is 4.95. The van der Waals surface area contributed by atoms with Gasteiger partial charge in [0.2, 0.25) is 0 Å². The number of rotatable bonds is 6. The summed E-state index contributed by atoms with van der Waals surface area (Å²) in [7, 11) is 1.62. The molecule has 0 aliphatic carbocycles. The second kappa shape index (κ2) is 9.31. The number of ether oxygens (including phenoxy) is 1. The summed E-state index contributed by atoms with van der Waals surface area (Å²) in [6, 6.07) is 22.1. The number of amides is 4. The SMILES string of the molecule is COc1ccc2[nH]c3c(c2c1)CCN1C(=O)N(c2ccccc2C(=O)NC[C@H](C)c2ccccc2)C(=O)[C@]31C. The van der Waals surface area contributed by atoms with Gasteiger partial charge >= 0.3 is 6.03 Å². The van der Waals surface area contributed by atoms with E-state index in [1.807, 2.05) is 55.5 Å². The highest BCUT2D eigenvalue weighted by atomic mass is 16.5. The maximum atomic E-state index is 14.1. The van der Waals surface area contributed by atoms with Crippen LogP contribution >= 0.6 is 0 Å². The summed E-state index contributed by atoms with van der Waals surface area (Å²) >= 11 is 0. The van der Waals surface area contributed by atoms with Gasteiger partial charge in [-0.25, -0.2) is 9.69 Å². The van der Waals surface area contributed by atoms with Crippen molar-refractivity contribution in [3.8, 4) is 5.75 Å². The molecule has 0 radical (unpaired) electrons. The Hall–Kier alpha value is -4.59. The lowest BCUT2D eigenvalue weighted by Crippen LogP contribution is -2.49. The van der Waals surface area contributed by atoms with Gasteiger partial charge in [0, 0.05) is 24.0 Å². The Bertz CT molecular complexity index is 1610. The Morgan fingerprint density at radius 3 is 2.59 bits per heavy atom. The minimum atomic E-state index is -1.22. The topological polar surface area (TPSA) is 94.7 Å². The van der Waals surface area contributed by atoms with E-state index in [0.717, 1.165) is 32.7 Å². The normalized spacial score (nSPS) is 19.2. The van der Waals surface area contributed by atoms with E-state index in [2.05, 4.69) is 10.3 Å². The minimum Gasteiger partial charge on any atom is -0.497 e. The highest BCUT2D eigenvalue weighted by molar-refractivity contribution is 6.25. The van der Waals surface area contributed by atoms with Crippen molar-refractivity contribution in [3.63, 3.8) is 0 Å². The van der Waals surface area contributed by atoms with Gasteiger partial charge in [0.1, 0.15) is 5.75 Å². The molecular weight excluding hydrogens is 492 g/mol. The number of nitrogens with one attached hydrogen (secondary N) is 2. The Labute approximate surface area is 226 Å². The molecule has 2 aliphatic rings. The molecular formula is C31H30N4O4. The predicted molar refractivity (Wildman–Crippen MR) is 149 cm³/mol. The van der Waals surface area contributed by atoms with E-state index in [4.69, 9.17) is 4.74 Å². The summed E-state index contributed by atoms with van der Waals surface area (Å²) in [5.74, 6) is 0.116. The zero-order valence-electron chi connectivity index (χ0n) is 22.2. The van der Waals surface area contributed by atoms with E-state index in [9.17, 15) is 14.4 Å². The van der Waals surface area contributed by atoms with Gasteiger partial charge in [0.05, 0.1) is 24.1 Å². The average Bonchev–Trinajstić information content (AvgIpc) is 3.44. The summed E-state index contributed by atoms with van der Waals surface area (Å²) in [4.78, 5) is 47.5. The summed E-state index contributed by atoms with van der Waals surface area (Å²) in [5, 5.41) is 3.97. The third-order valence-electron chi connectivity index (χ3n) is 8.09. The molecule has 3 aromatic carbocycles. The van der Waals surface area contributed by atoms with Crippen molar-refractivity contribution in [2.45, 2.75) is 31.7 Å². The van der Waals surface area contributed by atoms with Gasteiger partial charge in [-0.05, 0) is 60.7 Å². The second-order valence-corrected chi connectivity index (χ2v) is 10.3. The Kier molecular flexibility index (Phi) is 5.90. The van der Waals surface area contributed by atoms with Gasteiger partial charge in [-0.1, -0.05) is 49.4 Å². The number of methoxy groups -OCH3 is 1. The molecule has 0 bridgehead atoms. The van der Waals surface area contributed by atoms with E-state index in [-0.39, 0.29) is 29.0 Å². The molecule has 1 aromatic heterocycles. The fraction of sp³-hybridized carbons (Fsp3) is 0.258. The van der Waals surface area contributed by atoms with Crippen molar-refractivity contribution in [1.82, 2.24) is 15.2 Å². The van der Waals surface area contributed by atoms with Crippen molar-refractivity contribution in [2.75, 3.05) is 25.1 Å². The third-order valence-corrected chi connectivity index (χ3v) is 8.09. The Balaban J connectivity index is 1.33. The molecule has 2 atom stereocenters. The van der Waals surface area contributed by atoms with Crippen LogP contribution in [0.3, 0.4) is 0 Å². The molecule has 1 saturated heterocycles. The highest BCUT2D eigenvalue weighted by Crippen LogP contribution is 2.46. The number of nitrogens with zero attached hydrogens (tertiary/aromatic N) is 2. The number of urea groups is 1. The number of aromatic nitrogens is 1. The summed E-state index contributed by atoms with van der Waals surface area (Å²) in [6.45, 7) is 4.63. The zero-order valence-corrected chi connectivity index (χ0v) is 22.2. The first-order chi connectivity index (χ1) is 18.8. The quantitative estimate of drug-likeness (QED) is 0.351. The van der Waals surface area contributed by atoms with Gasteiger partial charge in [0.15, 0.2) is 5.54 Å². The second-order valence-electron chi connectivity index (χ2n) is 10.3. The summed E-state index contributed by atoms with van der Waals surface area (Å²) < 4.78 is 5.41. The van der Waals surface area contributed by atoms with Crippen LogP contribution in [0.1, 0.15) is 46.9 Å². The standard InChI is InChI=1S/C31H30N4O4/c1-19(20-9-5-4-6-10-20)18-32-28(36)23-11-7-8-12-26(23)35-29(37)31(2)27-22(15-16-34(31)30(35)38)24-17-21(39-3)13-14-25(24)33-27/h4-14,17,19,33H,15-16,18H2,1-3H3,(H,32,36)/t19-,31-/m0/s1. The molecule has 2 aliphatic heterocycles.